The van der Waals surface area contributed by atoms with Crippen molar-refractivity contribution in [3.63, 3.8) is 0 Å². The molecule has 8 heteroatoms. The third-order valence-electron chi connectivity index (χ3n) is 3.27. The molecular weight excluding hydrogens is 313 g/mol. The number of nitrogens with one attached hydrogen (secondary N) is 2. The van der Waals surface area contributed by atoms with Gasteiger partial charge in [-0.1, -0.05) is 26.7 Å². The van der Waals surface area contributed by atoms with Crippen LogP contribution < -0.4 is 10.6 Å². The van der Waals surface area contributed by atoms with Gasteiger partial charge in [0.1, 0.15) is 5.01 Å². The molecule has 1 aromatic rings. The second kappa shape index (κ2) is 8.97. The Hall–Kier alpha value is -1.31. The Labute approximate surface area is 133 Å². The maximum atomic E-state index is 12.5. The van der Waals surface area contributed by atoms with Gasteiger partial charge in [0, 0.05) is 18.5 Å². The van der Waals surface area contributed by atoms with E-state index in [2.05, 4.69) is 34.5 Å². The van der Waals surface area contributed by atoms with Crippen LogP contribution in [0.3, 0.4) is 0 Å². The first-order valence-corrected chi connectivity index (χ1v) is 8.32. The number of guanidine groups is 1. The molecule has 0 aliphatic carbocycles. The van der Waals surface area contributed by atoms with Crippen LogP contribution in [-0.2, 0) is 12.7 Å². The molecular formula is C14H23F3N4S. The quantitative estimate of drug-likeness (QED) is 0.590. The minimum absolute atomic E-state index is 0.138. The van der Waals surface area contributed by atoms with Gasteiger partial charge >= 0.3 is 6.18 Å². The highest BCUT2D eigenvalue weighted by Crippen LogP contribution is 2.30. The average Bonchev–Trinajstić information content (AvgIpc) is 2.94. The van der Waals surface area contributed by atoms with E-state index in [9.17, 15) is 13.2 Å². The summed E-state index contributed by atoms with van der Waals surface area (Å²) in [7, 11) is 0. The molecule has 126 valence electrons. The lowest BCUT2D eigenvalue weighted by Crippen LogP contribution is -2.39. The van der Waals surface area contributed by atoms with Crippen molar-refractivity contribution in [3.8, 4) is 0 Å². The molecule has 22 heavy (non-hydrogen) atoms. The Morgan fingerprint density at radius 2 is 1.95 bits per heavy atom. The maximum Gasteiger partial charge on any atom is 0.434 e. The number of hydrogen-bond acceptors (Lipinski definition) is 3. The van der Waals surface area contributed by atoms with Crippen molar-refractivity contribution < 1.29 is 13.2 Å². The first kappa shape index (κ1) is 18.7. The summed E-state index contributed by atoms with van der Waals surface area (Å²) in [4.78, 5) is 7.87. The van der Waals surface area contributed by atoms with Crippen molar-refractivity contribution in [1.29, 1.82) is 0 Å². The molecule has 0 aromatic carbocycles. The fourth-order valence-corrected chi connectivity index (χ4v) is 2.54. The van der Waals surface area contributed by atoms with E-state index in [1.165, 1.54) is 0 Å². The highest BCUT2D eigenvalue weighted by molar-refractivity contribution is 7.09. The predicted octanol–water partition coefficient (Wildman–Crippen LogP) is 3.65. The summed E-state index contributed by atoms with van der Waals surface area (Å²) in [5.41, 5.74) is -0.849. The number of thiazole rings is 1. The minimum Gasteiger partial charge on any atom is -0.357 e. The maximum absolute atomic E-state index is 12.5. The first-order valence-electron chi connectivity index (χ1n) is 7.44. The average molecular weight is 336 g/mol. The van der Waals surface area contributed by atoms with Gasteiger partial charge in [0.25, 0.3) is 0 Å². The Morgan fingerprint density at radius 3 is 2.45 bits per heavy atom. The zero-order valence-electron chi connectivity index (χ0n) is 13.1. The van der Waals surface area contributed by atoms with E-state index < -0.39 is 11.9 Å². The van der Waals surface area contributed by atoms with Crippen LogP contribution >= 0.6 is 11.3 Å². The monoisotopic (exact) mass is 336 g/mol. The van der Waals surface area contributed by atoms with Crippen molar-refractivity contribution in [2.45, 2.75) is 46.3 Å². The number of nitrogens with zero attached hydrogens (tertiary/aromatic N) is 2. The molecule has 0 saturated heterocycles. The fourth-order valence-electron chi connectivity index (χ4n) is 1.82. The Balaban J connectivity index is 2.63. The van der Waals surface area contributed by atoms with Gasteiger partial charge in [-0.25, -0.2) is 9.98 Å². The smallest absolute Gasteiger partial charge is 0.357 e. The van der Waals surface area contributed by atoms with Crippen LogP contribution in [0.15, 0.2) is 10.4 Å². The van der Waals surface area contributed by atoms with Crippen LogP contribution in [0.5, 0.6) is 0 Å². The van der Waals surface area contributed by atoms with E-state index >= 15 is 0 Å². The van der Waals surface area contributed by atoms with E-state index in [0.29, 0.717) is 23.4 Å². The molecule has 0 spiro atoms. The molecule has 0 aliphatic heterocycles. The zero-order valence-corrected chi connectivity index (χ0v) is 13.9. The van der Waals surface area contributed by atoms with Crippen molar-refractivity contribution in [2.24, 2.45) is 10.9 Å². The van der Waals surface area contributed by atoms with Gasteiger partial charge in [0.2, 0.25) is 0 Å². The molecule has 1 rings (SSSR count). The van der Waals surface area contributed by atoms with Crippen LogP contribution in [0.25, 0.3) is 0 Å². The fraction of sp³-hybridized carbons (Fsp3) is 0.714. The Kier molecular flexibility index (Phi) is 7.64. The van der Waals surface area contributed by atoms with Crippen molar-refractivity contribution in [1.82, 2.24) is 15.6 Å². The van der Waals surface area contributed by atoms with Gasteiger partial charge in [-0.15, -0.1) is 11.3 Å². The summed E-state index contributed by atoms with van der Waals surface area (Å²) in [6.45, 7) is 7.84. The lowest BCUT2D eigenvalue weighted by molar-refractivity contribution is -0.140. The standard InChI is InChI=1S/C14H23F3N4S/c1-4-10(5-2)7-19-13(18-6-3)20-8-12-21-11(9-22-12)14(15,16)17/h9-10H,4-8H2,1-3H3,(H2,18,19,20). The molecule has 1 aromatic heterocycles. The predicted molar refractivity (Wildman–Crippen MR) is 84.0 cm³/mol. The van der Waals surface area contributed by atoms with E-state index in [0.717, 1.165) is 36.1 Å². The number of alkyl halides is 3. The zero-order chi connectivity index (χ0) is 16.6. The molecule has 0 radical (unpaired) electrons. The lowest BCUT2D eigenvalue weighted by Gasteiger charge is -2.16. The van der Waals surface area contributed by atoms with Crippen LogP contribution in [0.4, 0.5) is 13.2 Å². The van der Waals surface area contributed by atoms with Crippen LogP contribution in [-0.4, -0.2) is 24.0 Å². The lowest BCUT2D eigenvalue weighted by atomic mass is 10.0. The van der Waals surface area contributed by atoms with Crippen molar-refractivity contribution >= 4 is 17.3 Å². The van der Waals surface area contributed by atoms with E-state index in [4.69, 9.17) is 0 Å². The molecule has 0 aliphatic rings. The molecule has 1 heterocycles. The van der Waals surface area contributed by atoms with Gasteiger partial charge < -0.3 is 10.6 Å². The van der Waals surface area contributed by atoms with Gasteiger partial charge in [0.05, 0.1) is 6.54 Å². The molecule has 0 unspecified atom stereocenters. The van der Waals surface area contributed by atoms with Crippen LogP contribution in [0, 0.1) is 5.92 Å². The van der Waals surface area contributed by atoms with Gasteiger partial charge in [-0.2, -0.15) is 13.2 Å². The Morgan fingerprint density at radius 1 is 1.27 bits per heavy atom. The summed E-state index contributed by atoms with van der Waals surface area (Å²) in [5, 5.41) is 7.69. The first-order chi connectivity index (χ1) is 10.4. The third kappa shape index (κ3) is 6.21. The van der Waals surface area contributed by atoms with Crippen molar-refractivity contribution in [3.05, 3.63) is 16.1 Å². The molecule has 4 nitrogen and oxygen atoms in total. The highest BCUT2D eigenvalue weighted by Gasteiger charge is 2.33. The number of aliphatic imine (C=N–C) groups is 1. The van der Waals surface area contributed by atoms with Crippen molar-refractivity contribution in [2.75, 3.05) is 13.1 Å². The summed E-state index contributed by atoms with van der Waals surface area (Å²) in [6.07, 6.45) is -2.24. The second-order valence-corrected chi connectivity index (χ2v) is 5.83. The molecule has 2 N–H and O–H groups in total. The molecule has 0 amide bonds. The normalized spacial score (nSPS) is 12.8. The molecule has 0 bridgehead atoms. The number of rotatable bonds is 7. The number of aromatic nitrogens is 1. The Bertz CT molecular complexity index is 467. The number of hydrogen-bond donors (Lipinski definition) is 2. The van der Waals surface area contributed by atoms with Crippen LogP contribution in [0.2, 0.25) is 0 Å². The summed E-state index contributed by atoms with van der Waals surface area (Å²) >= 11 is 0.976. The summed E-state index contributed by atoms with van der Waals surface area (Å²) < 4.78 is 37.5. The van der Waals surface area contributed by atoms with Gasteiger partial charge in [-0.05, 0) is 12.8 Å². The highest BCUT2D eigenvalue weighted by atomic mass is 32.1. The number of halogens is 3. The van der Waals surface area contributed by atoms with Crippen LogP contribution in [0.1, 0.15) is 44.3 Å². The molecule has 0 atom stereocenters. The SMILES string of the molecule is CCNC(=NCc1nc(C(F)(F)F)cs1)NCC(CC)CC. The van der Waals surface area contributed by atoms with E-state index in [1.54, 1.807) is 0 Å². The van der Waals surface area contributed by atoms with E-state index in [1.807, 2.05) is 6.92 Å². The summed E-state index contributed by atoms with van der Waals surface area (Å²) in [5.74, 6) is 1.17. The van der Waals surface area contributed by atoms with E-state index in [-0.39, 0.29) is 6.54 Å². The molecule has 0 saturated carbocycles. The topological polar surface area (TPSA) is 49.3 Å². The third-order valence-corrected chi connectivity index (χ3v) is 4.11. The second-order valence-electron chi connectivity index (χ2n) is 4.88. The minimum atomic E-state index is -4.39. The molecule has 0 fully saturated rings. The summed E-state index contributed by atoms with van der Waals surface area (Å²) in [6, 6.07) is 0. The largest absolute Gasteiger partial charge is 0.434 e. The van der Waals surface area contributed by atoms with Gasteiger partial charge in [-0.3, -0.25) is 0 Å². The van der Waals surface area contributed by atoms with Gasteiger partial charge in [0.15, 0.2) is 11.7 Å².